The molecule has 0 aromatic heterocycles. The maximum Gasteiger partial charge on any atom is 0.345 e. The normalized spacial score (nSPS) is 24.8. The zero-order valence-electron chi connectivity index (χ0n) is 18.0. The van der Waals surface area contributed by atoms with Crippen molar-refractivity contribution in [2.24, 2.45) is 11.8 Å². The van der Waals surface area contributed by atoms with E-state index in [9.17, 15) is 14.7 Å². The van der Waals surface area contributed by atoms with Gasteiger partial charge in [0.25, 0.3) is 0 Å². The molecule has 2 aliphatic carbocycles. The van der Waals surface area contributed by atoms with Crippen LogP contribution in [0.3, 0.4) is 0 Å². The molecular formula is C22H30O7. The molecule has 29 heavy (non-hydrogen) atoms. The number of carbonyl (C=O) groups excluding carboxylic acids is 2. The summed E-state index contributed by atoms with van der Waals surface area (Å²) >= 11 is 0. The molecule has 1 unspecified atom stereocenters. The van der Waals surface area contributed by atoms with E-state index in [-0.39, 0.29) is 28.7 Å². The monoisotopic (exact) mass is 406 g/mol. The van der Waals surface area contributed by atoms with Crippen LogP contribution in [0.15, 0.2) is 0 Å². The predicted octanol–water partition coefficient (Wildman–Crippen LogP) is 3.41. The third kappa shape index (κ3) is 3.06. The molecule has 0 amide bonds. The minimum atomic E-state index is -1.19. The second-order valence-corrected chi connectivity index (χ2v) is 8.25. The fourth-order valence-corrected chi connectivity index (χ4v) is 5.38. The second kappa shape index (κ2) is 7.86. The molecule has 0 heterocycles. The van der Waals surface area contributed by atoms with Crippen LogP contribution in [0.2, 0.25) is 0 Å². The smallest absolute Gasteiger partial charge is 0.345 e. The van der Waals surface area contributed by atoms with Gasteiger partial charge in [-0.1, -0.05) is 13.8 Å². The Kier molecular flexibility index (Phi) is 5.81. The first-order valence-corrected chi connectivity index (χ1v) is 9.98. The molecule has 7 nitrogen and oxygen atoms in total. The highest BCUT2D eigenvalue weighted by molar-refractivity contribution is 6.05. The Labute approximate surface area is 171 Å². The van der Waals surface area contributed by atoms with Gasteiger partial charge in [0.15, 0.2) is 5.75 Å². The quantitative estimate of drug-likeness (QED) is 0.724. The molecule has 0 radical (unpaired) electrons. The van der Waals surface area contributed by atoms with Gasteiger partial charge in [0, 0.05) is 11.1 Å². The Balaban J connectivity index is 2.48. The van der Waals surface area contributed by atoms with Crippen molar-refractivity contribution in [3.63, 3.8) is 0 Å². The Morgan fingerprint density at radius 2 is 1.62 bits per heavy atom. The summed E-state index contributed by atoms with van der Waals surface area (Å²) in [6, 6.07) is 0. The van der Waals surface area contributed by atoms with Gasteiger partial charge in [-0.25, -0.2) is 9.59 Å². The van der Waals surface area contributed by atoms with Crippen LogP contribution in [0, 0.1) is 11.8 Å². The fraction of sp³-hybridized carbons (Fsp3) is 0.636. The van der Waals surface area contributed by atoms with E-state index in [1.165, 1.54) is 28.4 Å². The Morgan fingerprint density at radius 3 is 2.14 bits per heavy atom. The molecular weight excluding hydrogens is 376 g/mol. The standard InChI is InChI=1S/C22H30O7/c1-11(2)10-12-13-8-7-9-22(13,25)17-14(12)18(26-3)16(21(24)29-6)19(27-4)15(17)20(23)28-5/h11-13,25H,7-10H2,1-6H3/t12?,13-,22+/m1/s1. The zero-order valence-corrected chi connectivity index (χ0v) is 18.0. The van der Waals surface area contributed by atoms with Crippen LogP contribution < -0.4 is 9.47 Å². The molecule has 1 fully saturated rings. The van der Waals surface area contributed by atoms with E-state index in [1.807, 2.05) is 0 Å². The van der Waals surface area contributed by atoms with Gasteiger partial charge in [0.1, 0.15) is 16.9 Å². The number of aliphatic hydroxyl groups is 1. The molecule has 0 bridgehead atoms. The number of methoxy groups -OCH3 is 4. The van der Waals surface area contributed by atoms with E-state index in [0.717, 1.165) is 19.3 Å². The molecule has 0 aliphatic heterocycles. The summed E-state index contributed by atoms with van der Waals surface area (Å²) in [6.07, 6.45) is 3.03. The summed E-state index contributed by atoms with van der Waals surface area (Å²) in [6.45, 7) is 4.23. The van der Waals surface area contributed by atoms with Crippen LogP contribution in [0.4, 0.5) is 0 Å². The second-order valence-electron chi connectivity index (χ2n) is 8.25. The maximum atomic E-state index is 12.9. The van der Waals surface area contributed by atoms with E-state index < -0.39 is 17.5 Å². The minimum absolute atomic E-state index is 0.0172. The van der Waals surface area contributed by atoms with Crippen molar-refractivity contribution in [1.82, 2.24) is 0 Å². The van der Waals surface area contributed by atoms with Crippen molar-refractivity contribution in [3.05, 3.63) is 22.3 Å². The molecule has 1 aromatic carbocycles. The SMILES string of the molecule is COC(=O)c1c(OC)c(C(=O)OC)c2c(c1OC)C(CC(C)C)[C@H]1CCC[C@@]21O. The average Bonchev–Trinajstić information content (AvgIpc) is 3.19. The largest absolute Gasteiger partial charge is 0.495 e. The first-order chi connectivity index (χ1) is 13.8. The number of fused-ring (bicyclic) bond motifs is 3. The lowest BCUT2D eigenvalue weighted by atomic mass is 9.81. The van der Waals surface area contributed by atoms with Crippen LogP contribution in [0.25, 0.3) is 0 Å². The molecule has 0 spiro atoms. The van der Waals surface area contributed by atoms with Crippen molar-refractivity contribution >= 4 is 11.9 Å². The topological polar surface area (TPSA) is 91.3 Å². The maximum absolute atomic E-state index is 12.9. The van der Waals surface area contributed by atoms with Crippen molar-refractivity contribution in [3.8, 4) is 11.5 Å². The number of esters is 2. The van der Waals surface area contributed by atoms with Gasteiger partial charge in [0.2, 0.25) is 0 Å². The van der Waals surface area contributed by atoms with Gasteiger partial charge in [0.05, 0.1) is 34.0 Å². The summed E-state index contributed by atoms with van der Waals surface area (Å²) in [5, 5.41) is 11.8. The van der Waals surface area contributed by atoms with Crippen LogP contribution in [-0.2, 0) is 15.1 Å². The first-order valence-electron chi connectivity index (χ1n) is 9.98. The summed E-state index contributed by atoms with van der Waals surface area (Å²) in [5.74, 6) is -0.756. The van der Waals surface area contributed by atoms with Gasteiger partial charge < -0.3 is 24.1 Å². The molecule has 1 N–H and O–H groups in total. The fourth-order valence-electron chi connectivity index (χ4n) is 5.38. The molecule has 1 saturated carbocycles. The van der Waals surface area contributed by atoms with Crippen LogP contribution in [0.1, 0.15) is 77.3 Å². The summed E-state index contributed by atoms with van der Waals surface area (Å²) in [4.78, 5) is 25.6. The van der Waals surface area contributed by atoms with Gasteiger partial charge in [-0.05, 0) is 43.4 Å². The van der Waals surface area contributed by atoms with E-state index in [1.54, 1.807) is 0 Å². The summed E-state index contributed by atoms with van der Waals surface area (Å²) in [7, 11) is 5.38. The molecule has 0 saturated heterocycles. The average molecular weight is 406 g/mol. The number of hydrogen-bond donors (Lipinski definition) is 1. The lowest BCUT2D eigenvalue weighted by Gasteiger charge is -2.28. The molecule has 2 aliphatic rings. The Morgan fingerprint density at radius 1 is 1.03 bits per heavy atom. The third-order valence-corrected chi connectivity index (χ3v) is 6.33. The number of rotatable bonds is 6. The van der Waals surface area contributed by atoms with E-state index in [0.29, 0.717) is 29.2 Å². The van der Waals surface area contributed by atoms with Crippen molar-refractivity contribution in [2.45, 2.75) is 51.0 Å². The number of ether oxygens (including phenoxy) is 4. The van der Waals surface area contributed by atoms with Crippen molar-refractivity contribution in [1.29, 1.82) is 0 Å². The van der Waals surface area contributed by atoms with Gasteiger partial charge in [-0.3, -0.25) is 0 Å². The number of carbonyl (C=O) groups is 2. The van der Waals surface area contributed by atoms with Gasteiger partial charge in [-0.2, -0.15) is 0 Å². The molecule has 3 atom stereocenters. The van der Waals surface area contributed by atoms with Crippen molar-refractivity contribution < 1.29 is 33.6 Å². The highest BCUT2D eigenvalue weighted by Gasteiger charge is 2.58. The first kappa shape index (κ1) is 21.4. The highest BCUT2D eigenvalue weighted by Crippen LogP contribution is 2.64. The lowest BCUT2D eigenvalue weighted by Crippen LogP contribution is -2.29. The van der Waals surface area contributed by atoms with E-state index in [2.05, 4.69) is 13.8 Å². The van der Waals surface area contributed by atoms with Crippen LogP contribution in [-0.4, -0.2) is 45.5 Å². The van der Waals surface area contributed by atoms with Crippen LogP contribution in [0.5, 0.6) is 11.5 Å². The van der Waals surface area contributed by atoms with Crippen LogP contribution >= 0.6 is 0 Å². The Hall–Kier alpha value is -2.28. The van der Waals surface area contributed by atoms with Gasteiger partial charge >= 0.3 is 11.9 Å². The summed E-state index contributed by atoms with van der Waals surface area (Å²) < 4.78 is 21.2. The molecule has 7 heteroatoms. The summed E-state index contributed by atoms with van der Waals surface area (Å²) in [5.41, 5.74) is 0.142. The minimum Gasteiger partial charge on any atom is -0.495 e. The number of hydrogen-bond acceptors (Lipinski definition) is 7. The van der Waals surface area contributed by atoms with E-state index in [4.69, 9.17) is 18.9 Å². The molecule has 160 valence electrons. The van der Waals surface area contributed by atoms with Gasteiger partial charge in [-0.15, -0.1) is 0 Å². The van der Waals surface area contributed by atoms with Crippen molar-refractivity contribution in [2.75, 3.05) is 28.4 Å². The zero-order chi connectivity index (χ0) is 21.5. The third-order valence-electron chi connectivity index (χ3n) is 6.33. The predicted molar refractivity (Wildman–Crippen MR) is 106 cm³/mol. The lowest BCUT2D eigenvalue weighted by molar-refractivity contribution is -0.000779. The van der Waals surface area contributed by atoms with E-state index >= 15 is 0 Å². The molecule has 3 rings (SSSR count). The highest BCUT2D eigenvalue weighted by atomic mass is 16.5. The number of benzene rings is 1. The molecule has 1 aromatic rings. The Bertz CT molecular complexity index is 829.